The lowest BCUT2D eigenvalue weighted by Crippen LogP contribution is -2.15. The van der Waals surface area contributed by atoms with E-state index in [4.69, 9.17) is 5.73 Å². The fraction of sp³-hybridized carbons (Fsp3) is 0.500. The first-order valence-electron chi connectivity index (χ1n) is 5.65. The lowest BCUT2D eigenvalue weighted by atomic mass is 10.0. The van der Waals surface area contributed by atoms with Crippen molar-refractivity contribution in [1.82, 2.24) is 0 Å². The van der Waals surface area contributed by atoms with Crippen LogP contribution >= 0.6 is 0 Å². The molecule has 1 rings (SSSR count). The largest absolute Gasteiger partial charge is 0.434 e. The van der Waals surface area contributed by atoms with Crippen molar-refractivity contribution in [3.63, 3.8) is 0 Å². The van der Waals surface area contributed by atoms with E-state index in [0.29, 0.717) is 0 Å². The maximum absolute atomic E-state index is 12.2. The van der Waals surface area contributed by atoms with Gasteiger partial charge in [-0.05, 0) is 18.9 Å². The first-order chi connectivity index (χ1) is 8.79. The molecule has 1 atom stereocenters. The summed E-state index contributed by atoms with van der Waals surface area (Å²) in [6, 6.07) is 5.07. The molecule has 0 aromatic heterocycles. The summed E-state index contributed by atoms with van der Waals surface area (Å²) < 4.78 is 64.6. The first kappa shape index (κ1) is 15.7. The van der Waals surface area contributed by atoms with Crippen molar-refractivity contribution in [2.75, 3.05) is 0 Å². The maximum Gasteiger partial charge on any atom is 0.389 e. The molecule has 0 saturated carbocycles. The molecular weight excluding hydrogens is 269 g/mol. The van der Waals surface area contributed by atoms with E-state index in [1.54, 1.807) is 6.07 Å². The average molecular weight is 283 g/mol. The van der Waals surface area contributed by atoms with Crippen LogP contribution < -0.4 is 10.5 Å². The normalized spacial score (nSPS) is 13.6. The number of nitrogens with two attached hydrogens (primary N) is 1. The van der Waals surface area contributed by atoms with Crippen LogP contribution in [0, 0.1) is 0 Å². The van der Waals surface area contributed by atoms with Crippen LogP contribution in [0.1, 0.15) is 30.9 Å². The number of hydrogen-bond donors (Lipinski definition) is 1. The van der Waals surface area contributed by atoms with Gasteiger partial charge in [0.25, 0.3) is 0 Å². The van der Waals surface area contributed by atoms with Crippen molar-refractivity contribution in [3.05, 3.63) is 29.8 Å². The SMILES string of the molecule is NC(CCCC(F)(F)F)c1ccccc1OC(F)F. The van der Waals surface area contributed by atoms with Crippen LogP contribution in [0.4, 0.5) is 22.0 Å². The van der Waals surface area contributed by atoms with E-state index < -0.39 is 25.3 Å². The summed E-state index contributed by atoms with van der Waals surface area (Å²) >= 11 is 0. The monoisotopic (exact) mass is 283 g/mol. The van der Waals surface area contributed by atoms with Gasteiger partial charge in [-0.1, -0.05) is 18.2 Å². The Morgan fingerprint density at radius 1 is 1.16 bits per heavy atom. The molecule has 1 aromatic carbocycles. The Bertz CT molecular complexity index is 394. The molecule has 0 amide bonds. The molecule has 1 unspecified atom stereocenters. The van der Waals surface area contributed by atoms with E-state index in [2.05, 4.69) is 4.74 Å². The second-order valence-electron chi connectivity index (χ2n) is 4.03. The molecule has 2 N–H and O–H groups in total. The van der Waals surface area contributed by atoms with Crippen molar-refractivity contribution in [3.8, 4) is 5.75 Å². The average Bonchev–Trinajstić information content (AvgIpc) is 2.27. The van der Waals surface area contributed by atoms with Crippen molar-refractivity contribution >= 4 is 0 Å². The highest BCUT2D eigenvalue weighted by Crippen LogP contribution is 2.30. The van der Waals surface area contributed by atoms with Gasteiger partial charge in [-0.3, -0.25) is 0 Å². The summed E-state index contributed by atoms with van der Waals surface area (Å²) in [5.74, 6) is -0.1000. The number of alkyl halides is 5. The molecule has 0 aliphatic heterocycles. The number of halogens is 5. The molecule has 0 bridgehead atoms. The molecule has 1 aromatic rings. The van der Waals surface area contributed by atoms with Gasteiger partial charge in [-0.15, -0.1) is 0 Å². The van der Waals surface area contributed by atoms with Gasteiger partial charge in [0.15, 0.2) is 0 Å². The van der Waals surface area contributed by atoms with Gasteiger partial charge in [-0.2, -0.15) is 22.0 Å². The minimum absolute atomic E-state index is 0.0448. The molecule has 0 aliphatic carbocycles. The third-order valence-electron chi connectivity index (χ3n) is 2.51. The zero-order valence-electron chi connectivity index (χ0n) is 9.96. The molecule has 0 aliphatic rings. The Morgan fingerprint density at radius 2 is 1.79 bits per heavy atom. The minimum Gasteiger partial charge on any atom is -0.434 e. The highest BCUT2D eigenvalue weighted by Gasteiger charge is 2.26. The highest BCUT2D eigenvalue weighted by molar-refractivity contribution is 5.35. The molecule has 0 fully saturated rings. The Hall–Kier alpha value is -1.37. The smallest absolute Gasteiger partial charge is 0.389 e. The van der Waals surface area contributed by atoms with E-state index in [1.807, 2.05) is 0 Å². The predicted octanol–water partition coefficient (Wildman–Crippen LogP) is 4.02. The van der Waals surface area contributed by atoms with Gasteiger partial charge in [0.05, 0.1) is 0 Å². The second-order valence-corrected chi connectivity index (χ2v) is 4.03. The fourth-order valence-corrected chi connectivity index (χ4v) is 1.67. The van der Waals surface area contributed by atoms with Crippen LogP contribution in [-0.2, 0) is 0 Å². The van der Waals surface area contributed by atoms with E-state index in [9.17, 15) is 22.0 Å². The number of rotatable bonds is 6. The van der Waals surface area contributed by atoms with Gasteiger partial charge >= 0.3 is 12.8 Å². The Balaban J connectivity index is 2.63. The molecule has 0 radical (unpaired) electrons. The van der Waals surface area contributed by atoms with Crippen molar-refractivity contribution < 1.29 is 26.7 Å². The number of para-hydroxylation sites is 1. The Kier molecular flexibility index (Phi) is 5.53. The fourth-order valence-electron chi connectivity index (χ4n) is 1.67. The molecular formula is C12H14F5NO. The van der Waals surface area contributed by atoms with Gasteiger partial charge in [0.1, 0.15) is 5.75 Å². The Morgan fingerprint density at radius 3 is 2.37 bits per heavy atom. The summed E-state index contributed by atoms with van der Waals surface area (Å²) in [5, 5.41) is 0. The standard InChI is InChI=1S/C12H14F5NO/c13-11(14)19-10-6-2-1-4-8(10)9(18)5-3-7-12(15,16)17/h1-2,4,6,9,11H,3,5,7,18H2. The minimum atomic E-state index is -4.24. The van der Waals surface area contributed by atoms with Gasteiger partial charge in [-0.25, -0.2) is 0 Å². The number of hydrogen-bond acceptors (Lipinski definition) is 2. The number of ether oxygens (including phenoxy) is 1. The van der Waals surface area contributed by atoms with E-state index >= 15 is 0 Å². The van der Waals surface area contributed by atoms with E-state index in [-0.39, 0.29) is 24.2 Å². The second kappa shape index (κ2) is 6.70. The molecule has 7 heteroatoms. The molecule has 108 valence electrons. The first-order valence-corrected chi connectivity index (χ1v) is 5.65. The van der Waals surface area contributed by atoms with E-state index in [1.165, 1.54) is 18.2 Å². The third-order valence-corrected chi connectivity index (χ3v) is 2.51. The lowest BCUT2D eigenvalue weighted by molar-refractivity contribution is -0.135. The van der Waals surface area contributed by atoms with Gasteiger partial charge in [0, 0.05) is 18.0 Å². The predicted molar refractivity (Wildman–Crippen MR) is 59.9 cm³/mol. The zero-order chi connectivity index (χ0) is 14.5. The quantitative estimate of drug-likeness (QED) is 0.800. The van der Waals surface area contributed by atoms with Crippen LogP contribution in [-0.4, -0.2) is 12.8 Å². The van der Waals surface area contributed by atoms with Gasteiger partial charge < -0.3 is 10.5 Å². The zero-order valence-corrected chi connectivity index (χ0v) is 9.96. The topological polar surface area (TPSA) is 35.2 Å². The maximum atomic E-state index is 12.2. The van der Waals surface area contributed by atoms with Crippen LogP contribution in [0.3, 0.4) is 0 Å². The lowest BCUT2D eigenvalue weighted by Gasteiger charge is -2.16. The molecule has 19 heavy (non-hydrogen) atoms. The van der Waals surface area contributed by atoms with Crippen LogP contribution in [0.15, 0.2) is 24.3 Å². The molecule has 0 heterocycles. The summed E-state index contributed by atoms with van der Waals surface area (Å²) in [6.07, 6.45) is -5.30. The number of benzene rings is 1. The van der Waals surface area contributed by atoms with Crippen LogP contribution in [0.2, 0.25) is 0 Å². The van der Waals surface area contributed by atoms with Crippen molar-refractivity contribution in [2.45, 2.75) is 38.1 Å². The highest BCUT2D eigenvalue weighted by atomic mass is 19.4. The molecule has 0 spiro atoms. The van der Waals surface area contributed by atoms with Gasteiger partial charge in [0.2, 0.25) is 0 Å². The third kappa shape index (κ3) is 5.87. The Labute approximate surface area is 107 Å². The van der Waals surface area contributed by atoms with E-state index in [0.717, 1.165) is 0 Å². The summed E-state index contributed by atoms with van der Waals surface area (Å²) in [6.45, 7) is -3.00. The van der Waals surface area contributed by atoms with Crippen LogP contribution in [0.5, 0.6) is 5.75 Å². The summed E-state index contributed by atoms with van der Waals surface area (Å²) in [7, 11) is 0. The van der Waals surface area contributed by atoms with Crippen molar-refractivity contribution in [1.29, 1.82) is 0 Å². The molecule has 0 saturated heterocycles. The molecule has 2 nitrogen and oxygen atoms in total. The van der Waals surface area contributed by atoms with Crippen molar-refractivity contribution in [2.24, 2.45) is 5.73 Å². The van der Waals surface area contributed by atoms with Crippen LogP contribution in [0.25, 0.3) is 0 Å². The summed E-state index contributed by atoms with van der Waals surface area (Å²) in [4.78, 5) is 0. The summed E-state index contributed by atoms with van der Waals surface area (Å²) in [5.41, 5.74) is 5.99.